The van der Waals surface area contributed by atoms with Crippen molar-refractivity contribution in [2.75, 3.05) is 13.2 Å². The molecule has 0 spiro atoms. The first-order valence-corrected chi connectivity index (χ1v) is 15.1. The fourth-order valence-electron chi connectivity index (χ4n) is 4.58. The quantitative estimate of drug-likeness (QED) is 0.152. The number of hydrogen-bond donors (Lipinski definition) is 4. The number of aliphatic hydroxyl groups is 4. The van der Waals surface area contributed by atoms with E-state index in [2.05, 4.69) is 6.92 Å². The van der Waals surface area contributed by atoms with E-state index < -0.39 is 79.3 Å². The Balaban J connectivity index is 2.10. The van der Waals surface area contributed by atoms with Gasteiger partial charge in [0.15, 0.2) is 18.7 Å². The number of aliphatic hydroxyl groups excluding tert-OH is 4. The van der Waals surface area contributed by atoms with Gasteiger partial charge in [0.25, 0.3) is 0 Å². The molecule has 0 aromatic heterocycles. The van der Waals surface area contributed by atoms with Crippen LogP contribution in [0.3, 0.4) is 0 Å². The number of ether oxygens (including phenoxy) is 6. The van der Waals surface area contributed by atoms with Gasteiger partial charge in [-0.05, 0) is 19.8 Å². The summed E-state index contributed by atoms with van der Waals surface area (Å²) in [7, 11) is 0. The number of carbonyl (C=O) groups excluding carboxylic acids is 2. The Morgan fingerprint density at radius 1 is 0.780 bits per heavy atom. The lowest BCUT2D eigenvalue weighted by Crippen LogP contribution is -2.64. The molecule has 2 saturated heterocycles. The van der Waals surface area contributed by atoms with Crippen molar-refractivity contribution in [1.82, 2.24) is 0 Å². The summed E-state index contributed by atoms with van der Waals surface area (Å²) < 4.78 is 34.1. The molecule has 2 aliphatic heterocycles. The third-order valence-corrected chi connectivity index (χ3v) is 7.62. The molecule has 0 bridgehead atoms. The Kier molecular flexibility index (Phi) is 15.4. The molecule has 0 aliphatic carbocycles. The van der Waals surface area contributed by atoms with Crippen LogP contribution in [0.4, 0.5) is 0 Å². The molecule has 12 nitrogen and oxygen atoms in total. The van der Waals surface area contributed by atoms with Crippen LogP contribution in [-0.2, 0) is 38.0 Å². The molecule has 0 saturated carbocycles. The topological polar surface area (TPSA) is 170 Å². The van der Waals surface area contributed by atoms with Crippen LogP contribution in [0.2, 0.25) is 0 Å². The summed E-state index contributed by atoms with van der Waals surface area (Å²) in [4.78, 5) is 24.3. The first kappa shape index (κ1) is 35.8. The van der Waals surface area contributed by atoms with Gasteiger partial charge in [-0.25, -0.2) is 0 Å². The average molecular weight is 593 g/mol. The molecule has 12 heteroatoms. The third kappa shape index (κ3) is 10.4. The van der Waals surface area contributed by atoms with Crippen LogP contribution in [0.1, 0.15) is 86.5 Å². The molecule has 2 rings (SSSR count). The van der Waals surface area contributed by atoms with Gasteiger partial charge in [0.1, 0.15) is 43.2 Å². The zero-order valence-corrected chi connectivity index (χ0v) is 25.3. The molecule has 4 N–H and O–H groups in total. The van der Waals surface area contributed by atoms with Crippen molar-refractivity contribution in [2.45, 2.75) is 148 Å². The van der Waals surface area contributed by atoms with Gasteiger partial charge in [-0.15, -0.1) is 0 Å². The number of esters is 2. The molecule has 2 fully saturated rings. The first-order valence-electron chi connectivity index (χ1n) is 15.1. The van der Waals surface area contributed by atoms with Crippen molar-refractivity contribution in [3.05, 3.63) is 0 Å². The molecule has 0 radical (unpaired) electrons. The highest BCUT2D eigenvalue weighted by Gasteiger charge is 2.51. The summed E-state index contributed by atoms with van der Waals surface area (Å²) in [6.45, 7) is 10.5. The van der Waals surface area contributed by atoms with Crippen LogP contribution in [0.15, 0.2) is 0 Å². The van der Waals surface area contributed by atoms with E-state index in [1.165, 1.54) is 0 Å². The van der Waals surface area contributed by atoms with Crippen LogP contribution in [-0.4, -0.2) is 107 Å². The molecule has 0 amide bonds. The smallest absolute Gasteiger partial charge is 0.308 e. The van der Waals surface area contributed by atoms with E-state index in [0.29, 0.717) is 6.42 Å². The molecule has 2 aliphatic rings. The molecule has 2 heterocycles. The summed E-state index contributed by atoms with van der Waals surface area (Å²) in [6, 6.07) is 0. The second kappa shape index (κ2) is 17.7. The zero-order valence-electron chi connectivity index (χ0n) is 25.3. The van der Waals surface area contributed by atoms with Crippen LogP contribution in [0.5, 0.6) is 0 Å². The SMILES string of the molecule is CCCCCCCCO[C@@H]1O[C@H](COC(=O)C(C)CC)[C@@H](O)[C@H](O)[C@H]1O[C@@H]1O[C@@H](C)[C@H](OC(=O)C(C)C)[C@@H](O)[C@H]1O. The van der Waals surface area contributed by atoms with Crippen LogP contribution >= 0.6 is 0 Å². The monoisotopic (exact) mass is 592 g/mol. The van der Waals surface area contributed by atoms with E-state index in [1.807, 2.05) is 6.92 Å². The molecule has 11 atom stereocenters. The van der Waals surface area contributed by atoms with Gasteiger partial charge in [0.05, 0.1) is 17.9 Å². The van der Waals surface area contributed by atoms with Crippen LogP contribution < -0.4 is 0 Å². The molecule has 41 heavy (non-hydrogen) atoms. The van der Waals surface area contributed by atoms with Crippen LogP contribution in [0.25, 0.3) is 0 Å². The van der Waals surface area contributed by atoms with E-state index in [4.69, 9.17) is 28.4 Å². The lowest BCUT2D eigenvalue weighted by atomic mass is 9.97. The Hall–Kier alpha value is -1.38. The van der Waals surface area contributed by atoms with Crippen molar-refractivity contribution in [2.24, 2.45) is 11.8 Å². The number of carbonyl (C=O) groups is 2. The summed E-state index contributed by atoms with van der Waals surface area (Å²) >= 11 is 0. The fraction of sp³-hybridized carbons (Fsp3) is 0.931. The molecule has 0 aromatic rings. The lowest BCUT2D eigenvalue weighted by Gasteiger charge is -2.46. The van der Waals surface area contributed by atoms with E-state index in [9.17, 15) is 30.0 Å². The second-order valence-electron chi connectivity index (χ2n) is 11.4. The summed E-state index contributed by atoms with van der Waals surface area (Å²) in [5.41, 5.74) is 0. The zero-order chi connectivity index (χ0) is 30.7. The number of rotatable bonds is 16. The van der Waals surface area contributed by atoms with Crippen molar-refractivity contribution in [3.8, 4) is 0 Å². The molecule has 0 aromatic carbocycles. The van der Waals surface area contributed by atoms with Crippen LogP contribution in [0, 0.1) is 11.8 Å². The van der Waals surface area contributed by atoms with Crippen molar-refractivity contribution < 1.29 is 58.4 Å². The molecular formula is C29H52O12. The first-order chi connectivity index (χ1) is 19.4. The number of hydrogen-bond acceptors (Lipinski definition) is 12. The maximum atomic E-state index is 12.2. The van der Waals surface area contributed by atoms with E-state index in [1.54, 1.807) is 27.7 Å². The highest BCUT2D eigenvalue weighted by molar-refractivity contribution is 5.72. The van der Waals surface area contributed by atoms with Gasteiger partial charge in [0.2, 0.25) is 0 Å². The van der Waals surface area contributed by atoms with Gasteiger partial charge >= 0.3 is 11.9 Å². The summed E-state index contributed by atoms with van der Waals surface area (Å²) in [5, 5.41) is 43.3. The van der Waals surface area contributed by atoms with E-state index in [0.717, 1.165) is 38.5 Å². The standard InChI is InChI=1S/C29H52O12/c1-7-9-10-11-12-13-14-36-29-25(21(31)20(30)19(39-29)15-37-27(35)17(5)8-2)41-28-23(33)22(32)24(18(6)38-28)40-26(34)16(3)4/h16-25,28-33H,7-15H2,1-6H3/t17?,18-,19+,20+,21-,22-,23+,24-,25+,28-,29+/m0/s1. The number of unbranched alkanes of at least 4 members (excludes halogenated alkanes) is 5. The fourth-order valence-corrected chi connectivity index (χ4v) is 4.58. The minimum atomic E-state index is -1.64. The second-order valence-corrected chi connectivity index (χ2v) is 11.4. The third-order valence-electron chi connectivity index (χ3n) is 7.62. The Morgan fingerprint density at radius 3 is 2.05 bits per heavy atom. The Morgan fingerprint density at radius 2 is 1.41 bits per heavy atom. The van der Waals surface area contributed by atoms with Crippen molar-refractivity contribution in [3.63, 3.8) is 0 Å². The van der Waals surface area contributed by atoms with E-state index in [-0.39, 0.29) is 19.1 Å². The molecular weight excluding hydrogens is 540 g/mol. The molecule has 1 unspecified atom stereocenters. The Labute approximate surface area is 243 Å². The van der Waals surface area contributed by atoms with Crippen molar-refractivity contribution in [1.29, 1.82) is 0 Å². The van der Waals surface area contributed by atoms with Gasteiger partial charge in [0, 0.05) is 6.61 Å². The lowest BCUT2D eigenvalue weighted by molar-refractivity contribution is -0.365. The maximum absolute atomic E-state index is 12.2. The van der Waals surface area contributed by atoms with E-state index >= 15 is 0 Å². The van der Waals surface area contributed by atoms with Gasteiger partial charge in [-0.1, -0.05) is 66.7 Å². The van der Waals surface area contributed by atoms with Gasteiger partial charge in [-0.2, -0.15) is 0 Å². The van der Waals surface area contributed by atoms with Gasteiger partial charge < -0.3 is 48.8 Å². The minimum absolute atomic E-state index is 0.277. The Bertz CT molecular complexity index is 779. The minimum Gasteiger partial charge on any atom is -0.463 e. The average Bonchev–Trinajstić information content (AvgIpc) is 2.94. The molecule has 240 valence electrons. The van der Waals surface area contributed by atoms with Gasteiger partial charge in [-0.3, -0.25) is 9.59 Å². The summed E-state index contributed by atoms with van der Waals surface area (Å²) in [5.74, 6) is -1.79. The predicted octanol–water partition coefficient (Wildman–Crippen LogP) is 1.82. The summed E-state index contributed by atoms with van der Waals surface area (Å²) in [6.07, 6.45) is -6.59. The normalized spacial score (nSPS) is 34.8. The predicted molar refractivity (Wildman–Crippen MR) is 146 cm³/mol. The highest BCUT2D eigenvalue weighted by Crippen LogP contribution is 2.31. The maximum Gasteiger partial charge on any atom is 0.308 e. The van der Waals surface area contributed by atoms with Crippen molar-refractivity contribution >= 4 is 11.9 Å². The highest BCUT2D eigenvalue weighted by atomic mass is 16.8. The largest absolute Gasteiger partial charge is 0.463 e.